The fourth-order valence-corrected chi connectivity index (χ4v) is 7.16. The maximum absolute atomic E-state index is 12.6. The molecule has 2 aliphatic heterocycles. The molecule has 0 saturated heterocycles. The van der Waals surface area contributed by atoms with E-state index in [1.165, 1.54) is 0 Å². The summed E-state index contributed by atoms with van der Waals surface area (Å²) in [4.78, 5) is 55.3. The number of nitrogens with one attached hydrogen (secondary N) is 4. The second kappa shape index (κ2) is 13.5. The van der Waals surface area contributed by atoms with Gasteiger partial charge in [0.25, 0.3) is 0 Å². The van der Waals surface area contributed by atoms with Crippen LogP contribution in [0.15, 0.2) is 22.3 Å². The molecule has 4 rings (SSSR count). The molecule has 2 aromatic rings. The molecule has 4 heterocycles. The highest BCUT2D eigenvalue weighted by atomic mass is 32.1. The highest BCUT2D eigenvalue weighted by Gasteiger charge is 2.32. The molecule has 0 fully saturated rings. The van der Waals surface area contributed by atoms with Crippen molar-refractivity contribution in [2.75, 3.05) is 0 Å². The molecular formula is C33H44N4O6S. The van der Waals surface area contributed by atoms with Gasteiger partial charge < -0.3 is 30.8 Å². The van der Waals surface area contributed by atoms with Crippen molar-refractivity contribution in [1.82, 2.24) is 20.6 Å². The van der Waals surface area contributed by atoms with Gasteiger partial charge in [-0.05, 0) is 87.3 Å². The summed E-state index contributed by atoms with van der Waals surface area (Å²) in [5, 5.41) is 24.9. The Morgan fingerprint density at radius 3 is 1.70 bits per heavy atom. The second-order valence-corrected chi connectivity index (χ2v) is 12.8. The molecule has 3 atom stereocenters. The summed E-state index contributed by atoms with van der Waals surface area (Å²) in [7, 11) is 0. The van der Waals surface area contributed by atoms with Crippen molar-refractivity contribution in [2.45, 2.75) is 110 Å². The van der Waals surface area contributed by atoms with E-state index in [4.69, 9.17) is 0 Å². The molecule has 44 heavy (non-hydrogen) atoms. The largest absolute Gasteiger partial charge is 0.481 e. The molecule has 238 valence electrons. The number of amides is 2. The van der Waals surface area contributed by atoms with Crippen LogP contribution in [0.2, 0.25) is 0 Å². The number of hydrogen-bond acceptors (Lipinski definition) is 5. The van der Waals surface area contributed by atoms with Crippen molar-refractivity contribution in [3.8, 4) is 0 Å². The first-order valence-electron chi connectivity index (χ1n) is 15.2. The summed E-state index contributed by atoms with van der Waals surface area (Å²) in [5.41, 5.74) is 10.9. The van der Waals surface area contributed by atoms with Crippen LogP contribution in [0.3, 0.4) is 0 Å². The van der Waals surface area contributed by atoms with Gasteiger partial charge >= 0.3 is 11.9 Å². The standard InChI is InChI=1S/C33H44N4O6S/c1-7-20-17(4)32(42)37-26(20)13-24-16(3)22(9-11-30(40)41)28(35-24)14-27-21(8-10-29(38)39)15(2)23(34-27)12-25-18(5)31(19(6)44)33(43)36-25/h19,25-26,34-35,44H,7-14H2,1-6H3,(H,36,43)(H,37,42)(H,38,39)(H,40,41)/t19-,25-,26+/m1/s1. The minimum Gasteiger partial charge on any atom is -0.481 e. The number of aromatic nitrogens is 2. The van der Waals surface area contributed by atoms with Gasteiger partial charge in [-0.2, -0.15) is 12.6 Å². The minimum atomic E-state index is -0.888. The summed E-state index contributed by atoms with van der Waals surface area (Å²) in [6, 6.07) is -0.320. The van der Waals surface area contributed by atoms with E-state index in [1.54, 1.807) is 0 Å². The fourth-order valence-electron chi connectivity index (χ4n) is 6.84. The highest BCUT2D eigenvalue weighted by Crippen LogP contribution is 2.31. The van der Waals surface area contributed by atoms with Crippen LogP contribution in [0.25, 0.3) is 0 Å². The van der Waals surface area contributed by atoms with E-state index in [0.29, 0.717) is 37.7 Å². The van der Waals surface area contributed by atoms with Crippen molar-refractivity contribution in [3.05, 3.63) is 67.3 Å². The number of aromatic amines is 2. The van der Waals surface area contributed by atoms with Gasteiger partial charge in [0.15, 0.2) is 0 Å². The van der Waals surface area contributed by atoms with Gasteiger partial charge in [-0.15, -0.1) is 0 Å². The Bertz CT molecular complexity index is 1560. The van der Waals surface area contributed by atoms with Gasteiger partial charge in [0.2, 0.25) is 11.8 Å². The third-order valence-corrected chi connectivity index (χ3v) is 9.59. The number of aliphatic carboxylic acids is 2. The average molecular weight is 625 g/mol. The first-order chi connectivity index (χ1) is 20.7. The maximum Gasteiger partial charge on any atom is 0.303 e. The quantitative estimate of drug-likeness (QED) is 0.157. The van der Waals surface area contributed by atoms with Crippen molar-refractivity contribution in [1.29, 1.82) is 0 Å². The summed E-state index contributed by atoms with van der Waals surface area (Å²) in [6.07, 6.45) is 2.92. The Balaban J connectivity index is 1.70. The third kappa shape index (κ3) is 6.82. The molecule has 0 unspecified atom stereocenters. The lowest BCUT2D eigenvalue weighted by Gasteiger charge is -2.14. The molecule has 0 aliphatic carbocycles. The number of H-pyrrole nitrogens is 2. The van der Waals surface area contributed by atoms with E-state index < -0.39 is 11.9 Å². The number of carboxylic acids is 2. The van der Waals surface area contributed by atoms with Crippen LogP contribution in [-0.2, 0) is 51.3 Å². The number of carbonyl (C=O) groups is 4. The normalized spacial score (nSPS) is 19.2. The lowest BCUT2D eigenvalue weighted by molar-refractivity contribution is -0.138. The summed E-state index contributed by atoms with van der Waals surface area (Å²) >= 11 is 4.48. The smallest absolute Gasteiger partial charge is 0.303 e. The first kappa shape index (κ1) is 33.2. The number of carbonyl (C=O) groups excluding carboxylic acids is 2. The Morgan fingerprint density at radius 2 is 1.27 bits per heavy atom. The van der Waals surface area contributed by atoms with Gasteiger partial charge in [-0.3, -0.25) is 19.2 Å². The van der Waals surface area contributed by atoms with Crippen LogP contribution < -0.4 is 10.6 Å². The van der Waals surface area contributed by atoms with E-state index in [1.807, 2.05) is 41.5 Å². The number of rotatable bonds is 14. The Kier molecular flexibility index (Phi) is 10.2. The molecule has 0 spiro atoms. The molecule has 2 aromatic heterocycles. The van der Waals surface area contributed by atoms with Crippen LogP contribution in [-0.4, -0.2) is 61.3 Å². The predicted octanol–water partition coefficient (Wildman–Crippen LogP) is 4.03. The van der Waals surface area contributed by atoms with Crippen molar-refractivity contribution in [3.63, 3.8) is 0 Å². The molecule has 2 amide bonds. The Morgan fingerprint density at radius 1 is 0.795 bits per heavy atom. The molecule has 6 N–H and O–H groups in total. The molecule has 0 aromatic carbocycles. The van der Waals surface area contributed by atoms with E-state index in [0.717, 1.165) is 68.2 Å². The van der Waals surface area contributed by atoms with Crippen LogP contribution in [0.5, 0.6) is 0 Å². The second-order valence-electron chi connectivity index (χ2n) is 12.1. The zero-order valence-electron chi connectivity index (χ0n) is 26.4. The molecule has 10 nitrogen and oxygen atoms in total. The van der Waals surface area contributed by atoms with Gasteiger partial charge in [0, 0.05) is 71.3 Å². The first-order valence-corrected chi connectivity index (χ1v) is 15.8. The zero-order valence-corrected chi connectivity index (χ0v) is 27.3. The topological polar surface area (TPSA) is 164 Å². The lowest BCUT2D eigenvalue weighted by atomic mass is 9.95. The van der Waals surface area contributed by atoms with E-state index in [2.05, 4.69) is 33.2 Å². The summed E-state index contributed by atoms with van der Waals surface area (Å²) in [6.45, 7) is 11.7. The highest BCUT2D eigenvalue weighted by molar-refractivity contribution is 7.81. The monoisotopic (exact) mass is 624 g/mol. The Labute approximate surface area is 263 Å². The minimum absolute atomic E-state index is 0.0235. The van der Waals surface area contributed by atoms with Gasteiger partial charge in [0.05, 0.1) is 12.1 Å². The van der Waals surface area contributed by atoms with Crippen molar-refractivity contribution >= 4 is 36.4 Å². The Hall–Kier alpha value is -3.73. The molecular weight excluding hydrogens is 580 g/mol. The maximum atomic E-state index is 12.6. The van der Waals surface area contributed by atoms with Gasteiger partial charge in [-0.1, -0.05) is 6.92 Å². The van der Waals surface area contributed by atoms with Crippen molar-refractivity contribution < 1.29 is 29.4 Å². The van der Waals surface area contributed by atoms with Crippen LogP contribution in [0.1, 0.15) is 92.0 Å². The van der Waals surface area contributed by atoms with E-state index >= 15 is 0 Å². The van der Waals surface area contributed by atoms with E-state index in [9.17, 15) is 29.4 Å². The third-order valence-electron chi connectivity index (χ3n) is 9.33. The molecule has 0 radical (unpaired) electrons. The van der Waals surface area contributed by atoms with Crippen LogP contribution in [0.4, 0.5) is 0 Å². The molecule has 2 aliphatic rings. The lowest BCUT2D eigenvalue weighted by Crippen LogP contribution is -2.31. The molecule has 0 bridgehead atoms. The van der Waals surface area contributed by atoms with Gasteiger partial charge in [0.1, 0.15) is 0 Å². The van der Waals surface area contributed by atoms with Crippen LogP contribution >= 0.6 is 12.6 Å². The number of carboxylic acid groups (broad SMARTS) is 2. The predicted molar refractivity (Wildman–Crippen MR) is 171 cm³/mol. The fraction of sp³-hybridized carbons (Fsp3) is 0.515. The van der Waals surface area contributed by atoms with Crippen LogP contribution in [0, 0.1) is 13.8 Å². The zero-order chi connectivity index (χ0) is 32.5. The molecule has 11 heteroatoms. The SMILES string of the molecule is CCC1=C(C)C(=O)N[C@H]1Cc1[nH]c(Cc2[nH]c(C[C@H]3NC(=O)C([C@@H](C)S)=C3C)c(C)c2CCC(=O)O)c(CCC(=O)O)c1C. The van der Waals surface area contributed by atoms with Gasteiger partial charge in [-0.25, -0.2) is 0 Å². The van der Waals surface area contributed by atoms with E-state index in [-0.39, 0.29) is 42.0 Å². The summed E-state index contributed by atoms with van der Waals surface area (Å²) in [5.74, 6) is -1.94. The number of hydrogen-bond donors (Lipinski definition) is 7. The summed E-state index contributed by atoms with van der Waals surface area (Å²) < 4.78 is 0. The molecule has 0 saturated carbocycles. The average Bonchev–Trinajstić information content (AvgIpc) is 3.59. The van der Waals surface area contributed by atoms with Crippen molar-refractivity contribution in [2.24, 2.45) is 0 Å². The number of thiol groups is 1.